The van der Waals surface area contributed by atoms with E-state index in [2.05, 4.69) is 16.0 Å². The zero-order valence-corrected chi connectivity index (χ0v) is 27.2. The fourth-order valence-electron chi connectivity index (χ4n) is 4.42. The van der Waals surface area contributed by atoms with Crippen molar-refractivity contribution in [1.82, 2.24) is 16.0 Å². The summed E-state index contributed by atoms with van der Waals surface area (Å²) in [5, 5.41) is 25.9. The number of hydrogen-bond acceptors (Lipinski definition) is 9. The zero-order chi connectivity index (χ0) is 34.4. The third kappa shape index (κ3) is 28.2. The molecule has 0 aliphatic heterocycles. The van der Waals surface area contributed by atoms with Crippen LogP contribution in [-0.4, -0.2) is 97.4 Å². The summed E-state index contributed by atoms with van der Waals surface area (Å²) in [5.41, 5.74) is 10.6. The number of unbranched alkanes of at least 4 members (excludes halogenated alkanes) is 10. The molecular formula is C31H57N5O10. The Balaban J connectivity index is 3.74. The summed E-state index contributed by atoms with van der Waals surface area (Å²) in [6.45, 7) is 1.15. The number of carbonyl (C=O) groups excluding carboxylic acids is 4. The molecule has 0 fully saturated rings. The SMILES string of the molecule is NC(=O)C(N)CCCCNC(=O)COCCOCCNC(=O)CCC(NC(=O)CCCCCCCCCCCCC(=O)O)C(=O)O. The summed E-state index contributed by atoms with van der Waals surface area (Å²) in [6, 6.07) is -1.81. The van der Waals surface area contributed by atoms with Crippen LogP contribution in [0.25, 0.3) is 0 Å². The van der Waals surface area contributed by atoms with Gasteiger partial charge in [0.25, 0.3) is 0 Å². The molecule has 2 unspecified atom stereocenters. The first-order valence-electron chi connectivity index (χ1n) is 16.5. The molecule has 46 heavy (non-hydrogen) atoms. The van der Waals surface area contributed by atoms with E-state index in [0.717, 1.165) is 57.8 Å². The minimum atomic E-state index is -1.19. The third-order valence-electron chi connectivity index (χ3n) is 7.14. The molecular weight excluding hydrogens is 602 g/mol. The van der Waals surface area contributed by atoms with E-state index in [0.29, 0.717) is 32.2 Å². The lowest BCUT2D eigenvalue weighted by atomic mass is 10.0. The highest BCUT2D eigenvalue weighted by atomic mass is 16.5. The topological polar surface area (TPSA) is 249 Å². The van der Waals surface area contributed by atoms with Gasteiger partial charge in [-0.3, -0.25) is 24.0 Å². The molecule has 0 aliphatic carbocycles. The highest BCUT2D eigenvalue weighted by molar-refractivity contribution is 5.84. The summed E-state index contributed by atoms with van der Waals surface area (Å²) in [4.78, 5) is 68.9. The number of carboxylic acids is 2. The zero-order valence-electron chi connectivity index (χ0n) is 27.2. The molecule has 0 rings (SSSR count). The quantitative estimate of drug-likeness (QED) is 0.0508. The molecule has 0 aromatic rings. The van der Waals surface area contributed by atoms with E-state index in [1.807, 2.05) is 0 Å². The summed E-state index contributed by atoms with van der Waals surface area (Å²) in [6.07, 6.45) is 11.9. The van der Waals surface area contributed by atoms with Crippen LogP contribution in [0, 0.1) is 0 Å². The lowest BCUT2D eigenvalue weighted by Crippen LogP contribution is -2.41. The third-order valence-corrected chi connectivity index (χ3v) is 7.14. The van der Waals surface area contributed by atoms with E-state index >= 15 is 0 Å². The van der Waals surface area contributed by atoms with Crippen molar-refractivity contribution in [2.45, 2.75) is 121 Å². The number of carboxylic acid groups (broad SMARTS) is 2. The Labute approximate surface area is 272 Å². The molecule has 0 saturated heterocycles. The number of aliphatic carboxylic acids is 2. The van der Waals surface area contributed by atoms with Gasteiger partial charge in [-0.2, -0.15) is 0 Å². The number of primary amides is 1. The van der Waals surface area contributed by atoms with Crippen LogP contribution in [0.15, 0.2) is 0 Å². The van der Waals surface area contributed by atoms with Crippen molar-refractivity contribution in [3.05, 3.63) is 0 Å². The first-order valence-corrected chi connectivity index (χ1v) is 16.5. The van der Waals surface area contributed by atoms with E-state index in [1.165, 1.54) is 0 Å². The molecule has 9 N–H and O–H groups in total. The Morgan fingerprint density at radius 2 is 1.15 bits per heavy atom. The van der Waals surface area contributed by atoms with E-state index in [1.54, 1.807) is 0 Å². The normalized spacial score (nSPS) is 12.2. The van der Waals surface area contributed by atoms with Crippen LogP contribution in [-0.2, 0) is 38.2 Å². The molecule has 4 amide bonds. The van der Waals surface area contributed by atoms with E-state index < -0.39 is 29.9 Å². The highest BCUT2D eigenvalue weighted by Gasteiger charge is 2.20. The van der Waals surface area contributed by atoms with Crippen LogP contribution >= 0.6 is 0 Å². The second kappa shape index (κ2) is 29.1. The smallest absolute Gasteiger partial charge is 0.326 e. The van der Waals surface area contributed by atoms with Crippen LogP contribution in [0.3, 0.4) is 0 Å². The first kappa shape index (κ1) is 42.7. The lowest BCUT2D eigenvalue weighted by molar-refractivity contribution is -0.142. The molecule has 0 saturated carbocycles. The number of hydrogen-bond donors (Lipinski definition) is 7. The van der Waals surface area contributed by atoms with Crippen LogP contribution < -0.4 is 27.4 Å². The van der Waals surface area contributed by atoms with Crippen molar-refractivity contribution in [2.24, 2.45) is 11.5 Å². The van der Waals surface area contributed by atoms with Gasteiger partial charge < -0.3 is 47.1 Å². The Morgan fingerprint density at radius 1 is 0.587 bits per heavy atom. The van der Waals surface area contributed by atoms with Crippen molar-refractivity contribution in [1.29, 1.82) is 0 Å². The number of nitrogens with two attached hydrogens (primary N) is 2. The maximum atomic E-state index is 12.2. The Bertz CT molecular complexity index is 890. The van der Waals surface area contributed by atoms with Crippen molar-refractivity contribution >= 4 is 35.6 Å². The average Bonchev–Trinajstić information content (AvgIpc) is 3.00. The number of amides is 4. The van der Waals surface area contributed by atoms with Gasteiger partial charge in [0.15, 0.2) is 0 Å². The second-order valence-electron chi connectivity index (χ2n) is 11.3. The highest BCUT2D eigenvalue weighted by Crippen LogP contribution is 2.12. The van der Waals surface area contributed by atoms with Crippen molar-refractivity contribution in [3.63, 3.8) is 0 Å². The fraction of sp³-hybridized carbons (Fsp3) is 0.806. The molecule has 266 valence electrons. The lowest BCUT2D eigenvalue weighted by Gasteiger charge is -2.14. The maximum absolute atomic E-state index is 12.2. The molecule has 0 aliphatic rings. The van der Waals surface area contributed by atoms with Gasteiger partial charge in [-0.15, -0.1) is 0 Å². The van der Waals surface area contributed by atoms with Crippen LogP contribution in [0.1, 0.15) is 109 Å². The molecule has 0 radical (unpaired) electrons. The van der Waals surface area contributed by atoms with Gasteiger partial charge in [-0.1, -0.05) is 51.4 Å². The standard InChI is InChI=1S/C31H57N5O10/c32-24(30(33)42)13-11-12-18-34-28(39)23-46-22-21-45-20-19-35-26(37)17-16-25(31(43)44)36-27(38)14-9-7-5-3-1-2-4-6-8-10-15-29(40)41/h24-25H,1-23,32H2,(H2,33,42)(H,34,39)(H,35,37)(H,36,38)(H,40,41)(H,43,44). The molecule has 2 atom stereocenters. The van der Waals surface area contributed by atoms with Crippen LogP contribution in [0.2, 0.25) is 0 Å². The molecule has 15 nitrogen and oxygen atoms in total. The predicted octanol–water partition coefficient (Wildman–Crippen LogP) is 1.35. The molecule has 0 spiro atoms. The number of nitrogens with one attached hydrogen (secondary N) is 3. The van der Waals surface area contributed by atoms with Gasteiger partial charge in [0, 0.05) is 32.4 Å². The van der Waals surface area contributed by atoms with Gasteiger partial charge in [0.05, 0.1) is 25.9 Å². The molecule has 0 heterocycles. The summed E-state index contributed by atoms with van der Waals surface area (Å²) >= 11 is 0. The fourth-order valence-corrected chi connectivity index (χ4v) is 4.42. The van der Waals surface area contributed by atoms with Gasteiger partial charge >= 0.3 is 11.9 Å². The summed E-state index contributed by atoms with van der Waals surface area (Å²) in [5.74, 6) is -3.45. The predicted molar refractivity (Wildman–Crippen MR) is 171 cm³/mol. The van der Waals surface area contributed by atoms with Gasteiger partial charge in [-0.25, -0.2) is 4.79 Å². The molecule has 0 aromatic heterocycles. The summed E-state index contributed by atoms with van der Waals surface area (Å²) < 4.78 is 10.6. The van der Waals surface area contributed by atoms with Gasteiger partial charge in [0.1, 0.15) is 12.6 Å². The van der Waals surface area contributed by atoms with E-state index in [-0.39, 0.29) is 76.4 Å². The maximum Gasteiger partial charge on any atom is 0.326 e. The minimum Gasteiger partial charge on any atom is -0.481 e. The van der Waals surface area contributed by atoms with Gasteiger partial charge in [0.2, 0.25) is 23.6 Å². The first-order chi connectivity index (χ1) is 22.0. The van der Waals surface area contributed by atoms with E-state index in [4.69, 9.17) is 26.0 Å². The number of carbonyl (C=O) groups is 6. The van der Waals surface area contributed by atoms with E-state index in [9.17, 15) is 33.9 Å². The largest absolute Gasteiger partial charge is 0.481 e. The Kier molecular flexibility index (Phi) is 27.0. The van der Waals surface area contributed by atoms with Crippen LogP contribution in [0.4, 0.5) is 0 Å². The van der Waals surface area contributed by atoms with Crippen LogP contribution in [0.5, 0.6) is 0 Å². The van der Waals surface area contributed by atoms with Gasteiger partial charge in [-0.05, 0) is 38.5 Å². The van der Waals surface area contributed by atoms with Crippen molar-refractivity contribution in [2.75, 3.05) is 39.5 Å². The second-order valence-corrected chi connectivity index (χ2v) is 11.3. The minimum absolute atomic E-state index is 0.0269. The monoisotopic (exact) mass is 659 g/mol. The van der Waals surface area contributed by atoms with Crippen molar-refractivity contribution < 1.29 is 48.5 Å². The number of ether oxygens (including phenoxy) is 2. The Hall–Kier alpha value is -3.30. The van der Waals surface area contributed by atoms with Crippen molar-refractivity contribution in [3.8, 4) is 0 Å². The molecule has 0 bridgehead atoms. The number of rotatable bonds is 32. The molecule has 0 aromatic carbocycles. The summed E-state index contributed by atoms with van der Waals surface area (Å²) in [7, 11) is 0. The molecule has 15 heteroatoms. The average molecular weight is 660 g/mol. The Morgan fingerprint density at radius 3 is 1.74 bits per heavy atom.